The molecular weight excluding hydrogens is 374 g/mol. The van der Waals surface area contributed by atoms with Crippen molar-refractivity contribution in [2.75, 3.05) is 13.2 Å². The maximum Gasteiger partial charge on any atom is 0.226 e. The summed E-state index contributed by atoms with van der Waals surface area (Å²) in [5, 5.41) is 7.21. The van der Waals surface area contributed by atoms with E-state index in [4.69, 9.17) is 14.0 Å². The number of nitrogens with zero attached hydrogens (tertiary/aromatic N) is 3. The Labute approximate surface area is 168 Å². The van der Waals surface area contributed by atoms with Gasteiger partial charge in [-0.15, -0.1) is 0 Å². The van der Waals surface area contributed by atoms with Gasteiger partial charge in [0.1, 0.15) is 25.0 Å². The van der Waals surface area contributed by atoms with Crippen molar-refractivity contribution < 1.29 is 18.8 Å². The molecule has 2 aliphatic rings. The average molecular weight is 399 g/mol. The van der Waals surface area contributed by atoms with Gasteiger partial charge in [-0.05, 0) is 49.8 Å². The first kappa shape index (κ1) is 19.5. The van der Waals surface area contributed by atoms with Gasteiger partial charge in [-0.25, -0.2) is 0 Å². The van der Waals surface area contributed by atoms with Crippen LogP contribution in [0.2, 0.25) is 0 Å². The van der Waals surface area contributed by atoms with Crippen molar-refractivity contribution >= 4 is 5.78 Å². The van der Waals surface area contributed by atoms with E-state index in [2.05, 4.69) is 15.3 Å². The molecule has 1 atom stereocenters. The molecule has 0 spiro atoms. The molecule has 4 rings (SSSR count). The molecule has 1 fully saturated rings. The summed E-state index contributed by atoms with van der Waals surface area (Å²) in [6.45, 7) is 1.00. The highest BCUT2D eigenvalue weighted by molar-refractivity contribution is 5.78. The summed E-state index contributed by atoms with van der Waals surface area (Å²) < 4.78 is 16.3. The number of carbonyl (C=O) groups excluding carboxylic acids is 1. The van der Waals surface area contributed by atoms with Crippen LogP contribution in [-0.2, 0) is 11.2 Å². The fourth-order valence-electron chi connectivity index (χ4n) is 3.45. The molecule has 1 unspecified atom stereocenters. The number of benzene rings is 1. The minimum Gasteiger partial charge on any atom is -0.486 e. The second-order valence-electron chi connectivity index (χ2n) is 7.63. The van der Waals surface area contributed by atoms with Gasteiger partial charge in [0.25, 0.3) is 0 Å². The number of rotatable bonds is 11. The second kappa shape index (κ2) is 9.15. The van der Waals surface area contributed by atoms with Crippen LogP contribution in [0.25, 0.3) is 0 Å². The molecule has 0 radical (unpaired) electrons. The number of aromatic nitrogens is 2. The highest BCUT2D eigenvalue weighted by atomic mass is 16.6. The van der Waals surface area contributed by atoms with Gasteiger partial charge in [0.2, 0.25) is 5.89 Å². The van der Waals surface area contributed by atoms with Gasteiger partial charge in [0.05, 0.1) is 0 Å². The molecule has 154 valence electrons. The molecule has 0 bridgehead atoms. The lowest BCUT2D eigenvalue weighted by molar-refractivity contribution is -0.119. The third kappa shape index (κ3) is 5.19. The molecule has 0 N–H and O–H groups in total. The minimum absolute atomic E-state index is 0.139. The quantitative estimate of drug-likeness (QED) is 0.410. The molecule has 8 heteroatoms. The fraction of sp³-hybridized carbons (Fsp3) is 0.571. The van der Waals surface area contributed by atoms with Crippen molar-refractivity contribution in [1.29, 1.82) is 0 Å². The zero-order chi connectivity index (χ0) is 20.1. The van der Waals surface area contributed by atoms with Crippen LogP contribution >= 0.6 is 0 Å². The average Bonchev–Trinajstić information content (AvgIpc) is 3.50. The van der Waals surface area contributed by atoms with Crippen LogP contribution < -0.4 is 9.47 Å². The van der Waals surface area contributed by atoms with Crippen LogP contribution in [0.1, 0.15) is 74.2 Å². The van der Waals surface area contributed by atoms with E-state index in [0.717, 1.165) is 37.1 Å². The normalized spacial score (nSPS) is 16.4. The summed E-state index contributed by atoms with van der Waals surface area (Å²) in [6.07, 6.45) is 5.80. The summed E-state index contributed by atoms with van der Waals surface area (Å²) in [7, 11) is 0. The Morgan fingerprint density at radius 2 is 1.97 bits per heavy atom. The Balaban J connectivity index is 1.18. The van der Waals surface area contributed by atoms with E-state index < -0.39 is 6.04 Å². The zero-order valence-electron chi connectivity index (χ0n) is 16.3. The summed E-state index contributed by atoms with van der Waals surface area (Å²) in [4.78, 5) is 27.9. The lowest BCUT2D eigenvalue weighted by Crippen LogP contribution is -2.15. The third-order valence-electron chi connectivity index (χ3n) is 5.30. The van der Waals surface area contributed by atoms with E-state index in [-0.39, 0.29) is 5.78 Å². The van der Waals surface area contributed by atoms with Gasteiger partial charge in [-0.3, -0.25) is 4.79 Å². The van der Waals surface area contributed by atoms with Crippen LogP contribution in [0.3, 0.4) is 0 Å². The molecule has 1 aromatic heterocycles. The van der Waals surface area contributed by atoms with Crippen molar-refractivity contribution in [2.45, 2.75) is 63.3 Å². The molecule has 1 saturated carbocycles. The van der Waals surface area contributed by atoms with Crippen LogP contribution in [0, 0.1) is 4.91 Å². The SMILES string of the molecule is O=NC(CCC(=O)CCCCc1nc(C2CC2)no1)c1ccc2c(c1)OCCO2. The van der Waals surface area contributed by atoms with Crippen molar-refractivity contribution in [3.63, 3.8) is 0 Å². The smallest absolute Gasteiger partial charge is 0.226 e. The number of aryl methyl sites for hydroxylation is 1. The Kier molecular flexibility index (Phi) is 6.17. The number of ether oxygens (including phenoxy) is 2. The van der Waals surface area contributed by atoms with Gasteiger partial charge in [-0.2, -0.15) is 9.89 Å². The Hall–Kier alpha value is -2.77. The first-order chi connectivity index (χ1) is 14.2. The number of ketones is 1. The van der Waals surface area contributed by atoms with Crippen LogP contribution in [-0.4, -0.2) is 29.1 Å². The number of fused-ring (bicyclic) bond motifs is 1. The van der Waals surface area contributed by atoms with Gasteiger partial charge < -0.3 is 14.0 Å². The summed E-state index contributed by atoms with van der Waals surface area (Å²) in [6, 6.07) is 4.82. The van der Waals surface area contributed by atoms with E-state index in [1.165, 1.54) is 0 Å². The van der Waals surface area contributed by atoms with Crippen molar-refractivity contribution in [3.8, 4) is 11.5 Å². The topological polar surface area (TPSA) is 104 Å². The molecular formula is C21H25N3O5. The number of hydrogen-bond acceptors (Lipinski definition) is 8. The molecule has 8 nitrogen and oxygen atoms in total. The Bertz CT molecular complexity index is 862. The molecule has 29 heavy (non-hydrogen) atoms. The van der Waals surface area contributed by atoms with Crippen molar-refractivity contribution in [3.05, 3.63) is 40.4 Å². The number of Topliss-reactive ketones (excluding diaryl/α,β-unsaturated/α-hetero) is 1. The molecule has 2 heterocycles. The molecule has 2 aromatic rings. The van der Waals surface area contributed by atoms with E-state index in [1.54, 1.807) is 12.1 Å². The summed E-state index contributed by atoms with van der Waals surface area (Å²) >= 11 is 0. The van der Waals surface area contributed by atoms with Gasteiger partial charge in [0.15, 0.2) is 17.3 Å². The predicted octanol–water partition coefficient (Wildman–Crippen LogP) is 4.29. The maximum absolute atomic E-state index is 12.2. The lowest BCUT2D eigenvalue weighted by Gasteiger charge is -2.19. The third-order valence-corrected chi connectivity index (χ3v) is 5.30. The standard InChI is InChI=1S/C21H25N3O5/c25-16(3-1-2-4-20-22-21(24-29-20)14-5-6-14)8-9-17(23-26)15-7-10-18-19(13-15)28-12-11-27-18/h7,10,13-14,17H,1-6,8-9,11-12H2. The summed E-state index contributed by atoms with van der Waals surface area (Å²) in [5.41, 5.74) is 0.750. The van der Waals surface area contributed by atoms with Crippen LogP contribution in [0.15, 0.2) is 27.9 Å². The largest absolute Gasteiger partial charge is 0.486 e. The highest BCUT2D eigenvalue weighted by Crippen LogP contribution is 2.38. The number of hydrogen-bond donors (Lipinski definition) is 0. The lowest BCUT2D eigenvalue weighted by atomic mass is 9.99. The van der Waals surface area contributed by atoms with E-state index >= 15 is 0 Å². The maximum atomic E-state index is 12.2. The predicted molar refractivity (Wildman–Crippen MR) is 104 cm³/mol. The van der Waals surface area contributed by atoms with E-state index in [9.17, 15) is 9.70 Å². The first-order valence-corrected chi connectivity index (χ1v) is 10.3. The fourth-order valence-corrected chi connectivity index (χ4v) is 3.45. The van der Waals surface area contributed by atoms with Crippen LogP contribution in [0.4, 0.5) is 0 Å². The molecule has 0 amide bonds. The number of carbonyl (C=O) groups is 1. The molecule has 1 aliphatic heterocycles. The van der Waals surface area contributed by atoms with Gasteiger partial charge in [0, 0.05) is 25.2 Å². The highest BCUT2D eigenvalue weighted by Gasteiger charge is 2.28. The molecule has 1 aromatic carbocycles. The summed E-state index contributed by atoms with van der Waals surface area (Å²) in [5.74, 6) is 3.40. The number of unbranched alkanes of at least 4 members (excludes halogenated alkanes) is 1. The molecule has 0 saturated heterocycles. The van der Waals surface area contributed by atoms with E-state index in [0.29, 0.717) is 62.2 Å². The van der Waals surface area contributed by atoms with Crippen molar-refractivity contribution in [1.82, 2.24) is 10.1 Å². The zero-order valence-corrected chi connectivity index (χ0v) is 16.3. The van der Waals surface area contributed by atoms with Gasteiger partial charge in [-0.1, -0.05) is 16.4 Å². The van der Waals surface area contributed by atoms with Crippen molar-refractivity contribution in [2.24, 2.45) is 5.18 Å². The number of nitroso groups, excluding NO2 is 1. The van der Waals surface area contributed by atoms with Crippen LogP contribution in [0.5, 0.6) is 11.5 Å². The Morgan fingerprint density at radius 3 is 2.76 bits per heavy atom. The van der Waals surface area contributed by atoms with E-state index in [1.807, 2.05) is 6.07 Å². The Morgan fingerprint density at radius 1 is 1.14 bits per heavy atom. The molecule has 1 aliphatic carbocycles. The first-order valence-electron chi connectivity index (χ1n) is 10.3. The minimum atomic E-state index is -0.561. The van der Waals surface area contributed by atoms with Gasteiger partial charge >= 0.3 is 0 Å². The monoisotopic (exact) mass is 399 g/mol. The second-order valence-corrected chi connectivity index (χ2v) is 7.63.